The largest absolute Gasteiger partial charge is 0.493 e. The molecule has 0 atom stereocenters. The van der Waals surface area contributed by atoms with Crippen molar-refractivity contribution in [3.8, 4) is 11.5 Å². The summed E-state index contributed by atoms with van der Waals surface area (Å²) in [5.41, 5.74) is 3.90. The maximum absolute atomic E-state index is 12.1. The Labute approximate surface area is 143 Å². The molecule has 24 heavy (non-hydrogen) atoms. The first-order valence-electron chi connectivity index (χ1n) is 7.90. The SMILES string of the molecule is CCOc1ccc(/C=C/C(=O)Nc2cc(C)cc(C)c2)cc1OC. The highest BCUT2D eigenvalue weighted by Gasteiger charge is 2.04. The summed E-state index contributed by atoms with van der Waals surface area (Å²) in [4.78, 5) is 12.1. The number of hydrogen-bond acceptors (Lipinski definition) is 3. The van der Waals surface area contributed by atoms with Crippen LogP contribution in [0.5, 0.6) is 11.5 Å². The van der Waals surface area contributed by atoms with Gasteiger partial charge in [0.15, 0.2) is 11.5 Å². The minimum atomic E-state index is -0.173. The van der Waals surface area contributed by atoms with E-state index in [0.29, 0.717) is 18.1 Å². The van der Waals surface area contributed by atoms with Gasteiger partial charge in [-0.3, -0.25) is 4.79 Å². The zero-order valence-corrected chi connectivity index (χ0v) is 14.6. The van der Waals surface area contributed by atoms with E-state index in [1.54, 1.807) is 13.2 Å². The fourth-order valence-electron chi connectivity index (χ4n) is 2.47. The van der Waals surface area contributed by atoms with Gasteiger partial charge in [0.25, 0.3) is 0 Å². The molecule has 0 aliphatic rings. The van der Waals surface area contributed by atoms with Gasteiger partial charge in [-0.15, -0.1) is 0 Å². The third kappa shape index (κ3) is 4.88. The highest BCUT2D eigenvalue weighted by Crippen LogP contribution is 2.28. The van der Waals surface area contributed by atoms with Gasteiger partial charge in [-0.05, 0) is 67.8 Å². The third-order valence-corrected chi connectivity index (χ3v) is 3.40. The molecule has 0 aliphatic heterocycles. The lowest BCUT2D eigenvalue weighted by Crippen LogP contribution is -2.08. The molecule has 0 aromatic heterocycles. The quantitative estimate of drug-likeness (QED) is 0.803. The number of carbonyl (C=O) groups excluding carboxylic acids is 1. The number of hydrogen-bond donors (Lipinski definition) is 1. The van der Waals surface area contributed by atoms with Crippen molar-refractivity contribution in [2.45, 2.75) is 20.8 Å². The Morgan fingerprint density at radius 2 is 1.79 bits per heavy atom. The van der Waals surface area contributed by atoms with Gasteiger partial charge in [-0.25, -0.2) is 0 Å². The molecule has 2 aromatic carbocycles. The maximum atomic E-state index is 12.1. The van der Waals surface area contributed by atoms with Crippen LogP contribution in [0.15, 0.2) is 42.5 Å². The number of aryl methyl sites for hydroxylation is 2. The van der Waals surface area contributed by atoms with Crippen molar-refractivity contribution in [3.05, 3.63) is 59.2 Å². The van der Waals surface area contributed by atoms with Crippen molar-refractivity contribution in [3.63, 3.8) is 0 Å². The van der Waals surface area contributed by atoms with E-state index in [4.69, 9.17) is 9.47 Å². The van der Waals surface area contributed by atoms with E-state index in [9.17, 15) is 4.79 Å². The molecule has 126 valence electrons. The molecule has 1 amide bonds. The first kappa shape index (κ1) is 17.6. The van der Waals surface area contributed by atoms with Crippen LogP contribution in [-0.2, 0) is 4.79 Å². The van der Waals surface area contributed by atoms with Crippen LogP contribution in [0.1, 0.15) is 23.6 Å². The third-order valence-electron chi connectivity index (χ3n) is 3.40. The number of benzene rings is 2. The van der Waals surface area contributed by atoms with Gasteiger partial charge < -0.3 is 14.8 Å². The molecule has 0 unspecified atom stereocenters. The lowest BCUT2D eigenvalue weighted by atomic mass is 10.1. The Morgan fingerprint density at radius 3 is 2.42 bits per heavy atom. The van der Waals surface area contributed by atoms with Crippen LogP contribution in [0.4, 0.5) is 5.69 Å². The molecule has 2 rings (SSSR count). The first-order chi connectivity index (χ1) is 11.5. The Kier molecular flexibility index (Phi) is 6.01. The van der Waals surface area contributed by atoms with Crippen molar-refractivity contribution in [2.75, 3.05) is 19.0 Å². The number of methoxy groups -OCH3 is 1. The number of carbonyl (C=O) groups is 1. The van der Waals surface area contributed by atoms with Gasteiger partial charge in [0, 0.05) is 11.8 Å². The number of amides is 1. The predicted molar refractivity (Wildman–Crippen MR) is 97.7 cm³/mol. The summed E-state index contributed by atoms with van der Waals surface area (Å²) in [7, 11) is 1.60. The standard InChI is InChI=1S/C20H23NO3/c1-5-24-18-8-6-16(13-19(18)23-4)7-9-20(22)21-17-11-14(2)10-15(3)12-17/h6-13H,5H2,1-4H3,(H,21,22)/b9-7+. The van der Waals surface area contributed by atoms with Gasteiger partial charge in [0.1, 0.15) is 0 Å². The summed E-state index contributed by atoms with van der Waals surface area (Å²) in [6.07, 6.45) is 3.25. The van der Waals surface area contributed by atoms with Crippen LogP contribution in [0.2, 0.25) is 0 Å². The van der Waals surface area contributed by atoms with Crippen molar-refractivity contribution in [1.82, 2.24) is 0 Å². The van der Waals surface area contributed by atoms with Crippen LogP contribution < -0.4 is 14.8 Å². The Morgan fingerprint density at radius 1 is 1.08 bits per heavy atom. The van der Waals surface area contributed by atoms with E-state index in [0.717, 1.165) is 22.4 Å². The van der Waals surface area contributed by atoms with Crippen LogP contribution in [-0.4, -0.2) is 19.6 Å². The molecule has 0 bridgehead atoms. The number of ether oxygens (including phenoxy) is 2. The first-order valence-corrected chi connectivity index (χ1v) is 7.90. The lowest BCUT2D eigenvalue weighted by Gasteiger charge is -2.09. The minimum absolute atomic E-state index is 0.173. The van der Waals surface area contributed by atoms with E-state index >= 15 is 0 Å². The van der Waals surface area contributed by atoms with Gasteiger partial charge >= 0.3 is 0 Å². The smallest absolute Gasteiger partial charge is 0.248 e. The highest BCUT2D eigenvalue weighted by atomic mass is 16.5. The van der Waals surface area contributed by atoms with E-state index in [1.807, 2.05) is 51.1 Å². The monoisotopic (exact) mass is 325 g/mol. The molecule has 1 N–H and O–H groups in total. The predicted octanol–water partition coefficient (Wildman–Crippen LogP) is 4.36. The van der Waals surface area contributed by atoms with Crippen LogP contribution >= 0.6 is 0 Å². The van der Waals surface area contributed by atoms with Crippen LogP contribution in [0.3, 0.4) is 0 Å². The van der Waals surface area contributed by atoms with Gasteiger partial charge in [-0.1, -0.05) is 12.1 Å². The molecule has 0 aliphatic carbocycles. The topological polar surface area (TPSA) is 47.6 Å². The van der Waals surface area contributed by atoms with E-state index in [-0.39, 0.29) is 5.91 Å². The zero-order chi connectivity index (χ0) is 17.5. The van der Waals surface area contributed by atoms with E-state index in [2.05, 4.69) is 11.4 Å². The lowest BCUT2D eigenvalue weighted by molar-refractivity contribution is -0.111. The van der Waals surface area contributed by atoms with Crippen molar-refractivity contribution >= 4 is 17.7 Å². The van der Waals surface area contributed by atoms with E-state index < -0.39 is 0 Å². The number of anilines is 1. The van der Waals surface area contributed by atoms with Gasteiger partial charge in [-0.2, -0.15) is 0 Å². The molecule has 0 heterocycles. The summed E-state index contributed by atoms with van der Waals surface area (Å²) >= 11 is 0. The molecular formula is C20H23NO3. The number of rotatable bonds is 6. The second-order valence-corrected chi connectivity index (χ2v) is 5.54. The Bertz CT molecular complexity index is 730. The summed E-state index contributed by atoms with van der Waals surface area (Å²) < 4.78 is 10.8. The van der Waals surface area contributed by atoms with Gasteiger partial charge in [0.2, 0.25) is 5.91 Å². The van der Waals surface area contributed by atoms with Crippen molar-refractivity contribution in [1.29, 1.82) is 0 Å². The summed E-state index contributed by atoms with van der Waals surface area (Å²) in [6, 6.07) is 11.5. The van der Waals surface area contributed by atoms with Gasteiger partial charge in [0.05, 0.1) is 13.7 Å². The average Bonchev–Trinajstić information content (AvgIpc) is 2.53. The number of nitrogens with one attached hydrogen (secondary N) is 1. The van der Waals surface area contributed by atoms with Crippen LogP contribution in [0, 0.1) is 13.8 Å². The Hall–Kier alpha value is -2.75. The fraction of sp³-hybridized carbons (Fsp3) is 0.250. The molecule has 0 radical (unpaired) electrons. The second kappa shape index (κ2) is 8.20. The molecule has 2 aromatic rings. The molecule has 0 spiro atoms. The summed E-state index contributed by atoms with van der Waals surface area (Å²) in [5, 5.41) is 2.87. The minimum Gasteiger partial charge on any atom is -0.493 e. The van der Waals surface area contributed by atoms with E-state index in [1.165, 1.54) is 6.08 Å². The van der Waals surface area contributed by atoms with Crippen molar-refractivity contribution < 1.29 is 14.3 Å². The Balaban J connectivity index is 2.08. The van der Waals surface area contributed by atoms with Crippen molar-refractivity contribution in [2.24, 2.45) is 0 Å². The molecule has 0 fully saturated rings. The normalized spacial score (nSPS) is 10.7. The molecule has 4 nitrogen and oxygen atoms in total. The average molecular weight is 325 g/mol. The second-order valence-electron chi connectivity index (χ2n) is 5.54. The fourth-order valence-corrected chi connectivity index (χ4v) is 2.47. The summed E-state index contributed by atoms with van der Waals surface area (Å²) in [5.74, 6) is 1.17. The summed E-state index contributed by atoms with van der Waals surface area (Å²) in [6.45, 7) is 6.50. The molecular weight excluding hydrogens is 302 g/mol. The molecule has 0 saturated carbocycles. The maximum Gasteiger partial charge on any atom is 0.248 e. The van der Waals surface area contributed by atoms with Crippen LogP contribution in [0.25, 0.3) is 6.08 Å². The molecule has 0 saturated heterocycles. The molecule has 4 heteroatoms. The highest BCUT2D eigenvalue weighted by molar-refractivity contribution is 6.02. The zero-order valence-electron chi connectivity index (χ0n) is 14.6.